The standard InChI is InChI=1S/C19H22N6/c1-2-4-17-16(3-1)19(21-13-20-17)25-9-7-24(8-10-25)12-15-11-18(23-22-15)14-5-6-14/h1-4,11,13-14H,5-10,12H2,(H,22,23). The van der Waals surface area contributed by atoms with Gasteiger partial charge in [-0.1, -0.05) is 12.1 Å². The largest absolute Gasteiger partial charge is 0.353 e. The molecule has 0 atom stereocenters. The molecule has 1 aromatic carbocycles. The van der Waals surface area contributed by atoms with E-state index in [0.29, 0.717) is 5.92 Å². The van der Waals surface area contributed by atoms with Gasteiger partial charge in [-0.15, -0.1) is 0 Å². The van der Waals surface area contributed by atoms with Crippen molar-refractivity contribution in [2.45, 2.75) is 25.3 Å². The van der Waals surface area contributed by atoms with E-state index in [1.54, 1.807) is 6.33 Å². The molecular weight excluding hydrogens is 312 g/mol. The topological polar surface area (TPSA) is 60.9 Å². The molecule has 2 fully saturated rings. The van der Waals surface area contributed by atoms with Crippen LogP contribution in [0.5, 0.6) is 0 Å². The molecule has 2 aliphatic rings. The lowest BCUT2D eigenvalue weighted by molar-refractivity contribution is 0.246. The van der Waals surface area contributed by atoms with Crippen LogP contribution in [0.2, 0.25) is 0 Å². The first-order chi connectivity index (χ1) is 12.4. The summed E-state index contributed by atoms with van der Waals surface area (Å²) in [7, 11) is 0. The average Bonchev–Trinajstić information content (AvgIpc) is 3.42. The van der Waals surface area contributed by atoms with Gasteiger partial charge in [0.05, 0.1) is 11.2 Å². The molecule has 1 aliphatic carbocycles. The second-order valence-electron chi connectivity index (χ2n) is 7.07. The van der Waals surface area contributed by atoms with Crippen molar-refractivity contribution in [3.8, 4) is 0 Å². The number of hydrogen-bond donors (Lipinski definition) is 1. The maximum absolute atomic E-state index is 4.55. The Morgan fingerprint density at radius 3 is 2.72 bits per heavy atom. The number of anilines is 1. The first-order valence-electron chi connectivity index (χ1n) is 9.08. The quantitative estimate of drug-likeness (QED) is 0.794. The molecular formula is C19H22N6. The summed E-state index contributed by atoms with van der Waals surface area (Å²) in [6.07, 6.45) is 4.28. The van der Waals surface area contributed by atoms with E-state index in [2.05, 4.69) is 48.2 Å². The molecule has 3 heterocycles. The number of H-pyrrole nitrogens is 1. The minimum absolute atomic E-state index is 0.716. The van der Waals surface area contributed by atoms with Gasteiger partial charge < -0.3 is 4.90 Å². The highest BCUT2D eigenvalue weighted by molar-refractivity contribution is 5.89. The predicted octanol–water partition coefficient (Wildman–Crippen LogP) is 2.55. The first-order valence-corrected chi connectivity index (χ1v) is 9.08. The van der Waals surface area contributed by atoms with Crippen molar-refractivity contribution in [3.63, 3.8) is 0 Å². The number of nitrogens with one attached hydrogen (secondary N) is 1. The van der Waals surface area contributed by atoms with Crippen LogP contribution in [-0.4, -0.2) is 51.2 Å². The van der Waals surface area contributed by atoms with Crippen molar-refractivity contribution in [3.05, 3.63) is 48.0 Å². The van der Waals surface area contributed by atoms with Crippen molar-refractivity contribution in [2.24, 2.45) is 0 Å². The van der Waals surface area contributed by atoms with E-state index in [9.17, 15) is 0 Å². The number of hydrogen-bond acceptors (Lipinski definition) is 5. The monoisotopic (exact) mass is 334 g/mol. The summed E-state index contributed by atoms with van der Waals surface area (Å²) in [6.45, 7) is 5.01. The molecule has 5 rings (SSSR count). The molecule has 0 unspecified atom stereocenters. The van der Waals surface area contributed by atoms with E-state index in [-0.39, 0.29) is 0 Å². The molecule has 1 N–H and O–H groups in total. The van der Waals surface area contributed by atoms with Crippen molar-refractivity contribution < 1.29 is 0 Å². The van der Waals surface area contributed by atoms with Crippen molar-refractivity contribution in [2.75, 3.05) is 31.1 Å². The van der Waals surface area contributed by atoms with E-state index in [1.165, 1.54) is 24.2 Å². The van der Waals surface area contributed by atoms with Crippen LogP contribution in [0.4, 0.5) is 5.82 Å². The highest BCUT2D eigenvalue weighted by Crippen LogP contribution is 2.39. The minimum Gasteiger partial charge on any atom is -0.353 e. The Hall–Kier alpha value is -2.47. The lowest BCUT2D eigenvalue weighted by Crippen LogP contribution is -2.46. The van der Waals surface area contributed by atoms with Gasteiger partial charge in [-0.3, -0.25) is 10.00 Å². The van der Waals surface area contributed by atoms with E-state index in [0.717, 1.165) is 49.4 Å². The highest BCUT2D eigenvalue weighted by Gasteiger charge is 2.26. The van der Waals surface area contributed by atoms with Gasteiger partial charge in [0.25, 0.3) is 0 Å². The zero-order chi connectivity index (χ0) is 16.6. The van der Waals surface area contributed by atoms with Crippen molar-refractivity contribution in [1.29, 1.82) is 0 Å². The van der Waals surface area contributed by atoms with E-state index in [4.69, 9.17) is 0 Å². The van der Waals surface area contributed by atoms with Crippen LogP contribution in [0.3, 0.4) is 0 Å². The Labute approximate surface area is 146 Å². The Balaban J connectivity index is 1.26. The third-order valence-corrected chi connectivity index (χ3v) is 5.23. The van der Waals surface area contributed by atoms with Gasteiger partial charge in [-0.2, -0.15) is 5.10 Å². The molecule has 1 saturated heterocycles. The molecule has 128 valence electrons. The first kappa shape index (κ1) is 14.8. The second kappa shape index (κ2) is 6.11. The van der Waals surface area contributed by atoms with Crippen LogP contribution >= 0.6 is 0 Å². The Morgan fingerprint density at radius 2 is 1.88 bits per heavy atom. The lowest BCUT2D eigenvalue weighted by atomic mass is 10.2. The maximum atomic E-state index is 4.55. The van der Waals surface area contributed by atoms with Crippen LogP contribution in [0.25, 0.3) is 10.9 Å². The maximum Gasteiger partial charge on any atom is 0.139 e. The summed E-state index contributed by atoms with van der Waals surface area (Å²) in [5.74, 6) is 1.77. The summed E-state index contributed by atoms with van der Waals surface area (Å²) in [4.78, 5) is 13.8. The van der Waals surface area contributed by atoms with Gasteiger partial charge in [0.2, 0.25) is 0 Å². The molecule has 25 heavy (non-hydrogen) atoms. The van der Waals surface area contributed by atoms with Gasteiger partial charge in [0.1, 0.15) is 12.1 Å². The van der Waals surface area contributed by atoms with Crippen molar-refractivity contribution in [1.82, 2.24) is 25.1 Å². The zero-order valence-electron chi connectivity index (χ0n) is 14.2. The van der Waals surface area contributed by atoms with Gasteiger partial charge in [-0.05, 0) is 31.0 Å². The second-order valence-corrected chi connectivity index (χ2v) is 7.07. The van der Waals surface area contributed by atoms with Gasteiger partial charge in [-0.25, -0.2) is 9.97 Å². The third kappa shape index (κ3) is 2.98. The fraction of sp³-hybridized carbons (Fsp3) is 0.421. The van der Waals surface area contributed by atoms with Crippen LogP contribution in [0.15, 0.2) is 36.7 Å². The molecule has 0 radical (unpaired) electrons. The highest BCUT2D eigenvalue weighted by atomic mass is 15.3. The van der Waals surface area contributed by atoms with Crippen LogP contribution in [0, 0.1) is 0 Å². The average molecular weight is 334 g/mol. The molecule has 0 spiro atoms. The SMILES string of the molecule is c1ccc2c(N3CCN(Cc4cc(C5CC5)n[nH]4)CC3)ncnc2c1. The van der Waals surface area contributed by atoms with Crippen LogP contribution in [-0.2, 0) is 6.54 Å². The number of aromatic amines is 1. The Kier molecular flexibility index (Phi) is 3.63. The predicted molar refractivity (Wildman–Crippen MR) is 97.6 cm³/mol. The van der Waals surface area contributed by atoms with Gasteiger partial charge in [0.15, 0.2) is 0 Å². The number of nitrogens with zero attached hydrogens (tertiary/aromatic N) is 5. The number of rotatable bonds is 4. The number of benzene rings is 1. The van der Waals surface area contributed by atoms with Gasteiger partial charge >= 0.3 is 0 Å². The fourth-order valence-electron chi connectivity index (χ4n) is 3.65. The summed E-state index contributed by atoms with van der Waals surface area (Å²) in [6, 6.07) is 10.5. The molecule has 1 saturated carbocycles. The molecule has 2 aromatic heterocycles. The molecule has 0 amide bonds. The molecule has 3 aromatic rings. The summed E-state index contributed by atoms with van der Waals surface area (Å²) in [5, 5.41) is 8.82. The molecule has 1 aliphatic heterocycles. The summed E-state index contributed by atoms with van der Waals surface area (Å²) in [5.41, 5.74) is 3.50. The van der Waals surface area contributed by atoms with E-state index >= 15 is 0 Å². The van der Waals surface area contributed by atoms with Gasteiger partial charge in [0, 0.05) is 49.7 Å². The number of para-hydroxylation sites is 1. The Bertz CT molecular complexity index is 871. The minimum atomic E-state index is 0.716. The van der Waals surface area contributed by atoms with E-state index < -0.39 is 0 Å². The third-order valence-electron chi connectivity index (χ3n) is 5.23. The molecule has 6 nitrogen and oxygen atoms in total. The summed E-state index contributed by atoms with van der Waals surface area (Å²) >= 11 is 0. The molecule has 0 bridgehead atoms. The Morgan fingerprint density at radius 1 is 1.04 bits per heavy atom. The zero-order valence-corrected chi connectivity index (χ0v) is 14.2. The smallest absolute Gasteiger partial charge is 0.139 e. The number of piperazine rings is 1. The van der Waals surface area contributed by atoms with E-state index in [1.807, 2.05) is 12.1 Å². The normalized spacial score (nSPS) is 18.8. The number of fused-ring (bicyclic) bond motifs is 1. The van der Waals surface area contributed by atoms with Crippen LogP contribution in [0.1, 0.15) is 30.1 Å². The lowest BCUT2D eigenvalue weighted by Gasteiger charge is -2.35. The van der Waals surface area contributed by atoms with Crippen LogP contribution < -0.4 is 4.90 Å². The molecule has 6 heteroatoms. The van der Waals surface area contributed by atoms with Crippen molar-refractivity contribution >= 4 is 16.7 Å². The fourth-order valence-corrected chi connectivity index (χ4v) is 3.65. The number of aromatic nitrogens is 4. The summed E-state index contributed by atoms with van der Waals surface area (Å²) < 4.78 is 0.